The number of nitrogens with one attached hydrogen (secondary N) is 1. The van der Waals surface area contributed by atoms with Crippen LogP contribution in [0.2, 0.25) is 0 Å². The molecule has 0 aliphatic carbocycles. The number of hydrogen-bond donors (Lipinski definition) is 2. The van der Waals surface area contributed by atoms with Crippen LogP contribution in [0.25, 0.3) is 0 Å². The molecule has 2 amide bonds. The van der Waals surface area contributed by atoms with Crippen LogP contribution >= 0.6 is 0 Å². The van der Waals surface area contributed by atoms with Crippen LogP contribution in [-0.2, 0) is 4.79 Å². The number of rotatable bonds is 5. The minimum absolute atomic E-state index is 0.278. The van der Waals surface area contributed by atoms with E-state index in [0.29, 0.717) is 13.1 Å². The first-order valence-corrected chi connectivity index (χ1v) is 3.97. The highest BCUT2D eigenvalue weighted by Gasteiger charge is 2.12. The molecule has 0 spiro atoms. The minimum Gasteiger partial charge on any atom is -0.480 e. The van der Waals surface area contributed by atoms with Crippen LogP contribution in [0.4, 0.5) is 4.79 Å². The average Bonchev–Trinajstić information content (AvgIpc) is 2.09. The Morgan fingerprint density at radius 3 is 2.62 bits per heavy atom. The summed E-state index contributed by atoms with van der Waals surface area (Å²) < 4.78 is 0. The predicted molar refractivity (Wildman–Crippen MR) is 48.5 cm³/mol. The number of urea groups is 1. The van der Waals surface area contributed by atoms with Crippen molar-refractivity contribution in [3.05, 3.63) is 12.7 Å². The van der Waals surface area contributed by atoms with Gasteiger partial charge in [0.05, 0.1) is 0 Å². The monoisotopic (exact) mass is 186 g/mol. The summed E-state index contributed by atoms with van der Waals surface area (Å²) >= 11 is 0. The molecule has 0 aliphatic rings. The van der Waals surface area contributed by atoms with Gasteiger partial charge in [-0.1, -0.05) is 6.08 Å². The lowest BCUT2D eigenvalue weighted by molar-refractivity contribution is -0.137. The molecule has 0 aliphatic heterocycles. The molecule has 5 heteroatoms. The Hall–Kier alpha value is -1.52. The highest BCUT2D eigenvalue weighted by Crippen LogP contribution is 1.88. The molecule has 5 nitrogen and oxygen atoms in total. The Bertz CT molecular complexity index is 204. The quantitative estimate of drug-likeness (QED) is 0.606. The maximum atomic E-state index is 11.2. The smallest absolute Gasteiger partial charge is 0.323 e. The molecule has 0 radical (unpaired) electrons. The average molecular weight is 186 g/mol. The number of carboxylic acids is 1. The molecule has 0 unspecified atom stereocenters. The second-order valence-corrected chi connectivity index (χ2v) is 2.38. The first-order chi connectivity index (χ1) is 6.11. The number of hydrogen-bond acceptors (Lipinski definition) is 2. The Morgan fingerprint density at radius 2 is 2.23 bits per heavy atom. The van der Waals surface area contributed by atoms with Gasteiger partial charge in [0, 0.05) is 13.1 Å². The third-order valence-corrected chi connectivity index (χ3v) is 1.39. The lowest BCUT2D eigenvalue weighted by atomic mass is 10.5. The maximum Gasteiger partial charge on any atom is 0.323 e. The second kappa shape index (κ2) is 6.05. The maximum absolute atomic E-state index is 11.2. The highest BCUT2D eigenvalue weighted by molar-refractivity contribution is 5.80. The van der Waals surface area contributed by atoms with E-state index >= 15 is 0 Å². The minimum atomic E-state index is -1.02. The molecule has 0 saturated carbocycles. The van der Waals surface area contributed by atoms with Gasteiger partial charge in [-0.2, -0.15) is 0 Å². The zero-order valence-corrected chi connectivity index (χ0v) is 7.62. The van der Waals surface area contributed by atoms with E-state index < -0.39 is 5.97 Å². The van der Waals surface area contributed by atoms with E-state index in [1.54, 1.807) is 6.92 Å². The van der Waals surface area contributed by atoms with Crippen LogP contribution in [0.15, 0.2) is 12.7 Å². The van der Waals surface area contributed by atoms with E-state index in [-0.39, 0.29) is 12.6 Å². The van der Waals surface area contributed by atoms with Crippen LogP contribution in [0, 0.1) is 0 Å². The van der Waals surface area contributed by atoms with Crippen molar-refractivity contribution in [3.63, 3.8) is 0 Å². The molecule has 2 N–H and O–H groups in total. The number of carbonyl (C=O) groups excluding carboxylic acids is 1. The first kappa shape index (κ1) is 11.5. The molecular weight excluding hydrogens is 172 g/mol. The number of likely N-dealkylation sites (N-methyl/N-ethyl adjacent to an activating group) is 1. The molecule has 0 atom stereocenters. The molecule has 0 fully saturated rings. The Kier molecular flexibility index (Phi) is 5.34. The standard InChI is InChI=1S/C8H14N2O3/c1-3-5-9-8(13)10(4-2)6-7(11)12/h3H,1,4-6H2,2H3,(H,9,13)(H,11,12). The van der Waals surface area contributed by atoms with E-state index in [4.69, 9.17) is 5.11 Å². The van der Waals surface area contributed by atoms with Gasteiger partial charge in [-0.3, -0.25) is 4.79 Å². The van der Waals surface area contributed by atoms with Gasteiger partial charge < -0.3 is 15.3 Å². The van der Waals surface area contributed by atoms with Crippen molar-refractivity contribution in [2.24, 2.45) is 0 Å². The Labute approximate surface area is 77.0 Å². The molecule has 0 aromatic rings. The van der Waals surface area contributed by atoms with Gasteiger partial charge in [0.2, 0.25) is 0 Å². The van der Waals surface area contributed by atoms with Gasteiger partial charge in [-0.05, 0) is 6.92 Å². The molecule has 0 saturated heterocycles. The van der Waals surface area contributed by atoms with Crippen LogP contribution in [0.3, 0.4) is 0 Å². The van der Waals surface area contributed by atoms with Crippen molar-refractivity contribution in [1.29, 1.82) is 0 Å². The third kappa shape index (κ3) is 4.84. The lowest BCUT2D eigenvalue weighted by Crippen LogP contribution is -2.42. The highest BCUT2D eigenvalue weighted by atomic mass is 16.4. The largest absolute Gasteiger partial charge is 0.480 e. The summed E-state index contributed by atoms with van der Waals surface area (Å²) in [6.07, 6.45) is 1.53. The van der Waals surface area contributed by atoms with Crippen LogP contribution in [-0.4, -0.2) is 41.6 Å². The van der Waals surface area contributed by atoms with Crippen molar-refractivity contribution in [1.82, 2.24) is 10.2 Å². The summed E-state index contributed by atoms with van der Waals surface area (Å²) in [4.78, 5) is 22.7. The third-order valence-electron chi connectivity index (χ3n) is 1.39. The zero-order chi connectivity index (χ0) is 10.3. The molecule has 0 aromatic heterocycles. The second-order valence-electron chi connectivity index (χ2n) is 2.38. The van der Waals surface area contributed by atoms with E-state index in [0.717, 1.165) is 0 Å². The van der Waals surface area contributed by atoms with Crippen molar-refractivity contribution in [2.75, 3.05) is 19.6 Å². The van der Waals surface area contributed by atoms with E-state index in [9.17, 15) is 9.59 Å². The molecule has 0 bridgehead atoms. The number of carbonyl (C=O) groups is 2. The van der Waals surface area contributed by atoms with Gasteiger partial charge >= 0.3 is 12.0 Å². The first-order valence-electron chi connectivity index (χ1n) is 3.97. The van der Waals surface area contributed by atoms with E-state index in [1.165, 1.54) is 11.0 Å². The summed E-state index contributed by atoms with van der Waals surface area (Å²) in [7, 11) is 0. The molecule has 0 heterocycles. The summed E-state index contributed by atoms with van der Waals surface area (Å²) in [5.74, 6) is -1.02. The molecule has 74 valence electrons. The summed E-state index contributed by atoms with van der Waals surface area (Å²) in [5.41, 5.74) is 0. The number of amides is 2. The summed E-state index contributed by atoms with van der Waals surface area (Å²) in [6.45, 7) is 5.58. The molecular formula is C8H14N2O3. The van der Waals surface area contributed by atoms with Gasteiger partial charge in [0.15, 0.2) is 0 Å². The van der Waals surface area contributed by atoms with Crippen molar-refractivity contribution < 1.29 is 14.7 Å². The Morgan fingerprint density at radius 1 is 1.62 bits per heavy atom. The topological polar surface area (TPSA) is 69.6 Å². The molecule has 13 heavy (non-hydrogen) atoms. The SMILES string of the molecule is C=CCNC(=O)N(CC)CC(=O)O. The summed E-state index contributed by atoms with van der Waals surface area (Å²) in [5, 5.41) is 10.9. The van der Waals surface area contributed by atoms with Crippen molar-refractivity contribution in [2.45, 2.75) is 6.92 Å². The van der Waals surface area contributed by atoms with E-state index in [2.05, 4.69) is 11.9 Å². The van der Waals surface area contributed by atoms with Gasteiger partial charge in [-0.15, -0.1) is 6.58 Å². The summed E-state index contributed by atoms with van der Waals surface area (Å²) in [6, 6.07) is -0.384. The molecule has 0 aromatic carbocycles. The Balaban J connectivity index is 3.98. The number of carboxylic acid groups (broad SMARTS) is 1. The fourth-order valence-electron chi connectivity index (χ4n) is 0.762. The van der Waals surface area contributed by atoms with Gasteiger partial charge in [0.1, 0.15) is 6.54 Å². The van der Waals surface area contributed by atoms with E-state index in [1.807, 2.05) is 0 Å². The number of nitrogens with zero attached hydrogens (tertiary/aromatic N) is 1. The van der Waals surface area contributed by atoms with Gasteiger partial charge in [-0.25, -0.2) is 4.79 Å². The number of aliphatic carboxylic acids is 1. The van der Waals surface area contributed by atoms with Crippen molar-refractivity contribution in [3.8, 4) is 0 Å². The lowest BCUT2D eigenvalue weighted by Gasteiger charge is -2.18. The fraction of sp³-hybridized carbons (Fsp3) is 0.500. The van der Waals surface area contributed by atoms with Crippen LogP contribution in [0.5, 0.6) is 0 Å². The normalized spacial score (nSPS) is 9.00. The van der Waals surface area contributed by atoms with Gasteiger partial charge in [0.25, 0.3) is 0 Å². The van der Waals surface area contributed by atoms with Crippen molar-refractivity contribution >= 4 is 12.0 Å². The predicted octanol–water partition coefficient (Wildman–Crippen LogP) is 0.288. The fourth-order valence-corrected chi connectivity index (χ4v) is 0.762. The molecule has 0 rings (SSSR count). The van der Waals surface area contributed by atoms with Crippen LogP contribution in [0.1, 0.15) is 6.92 Å². The zero-order valence-electron chi connectivity index (χ0n) is 7.62. The van der Waals surface area contributed by atoms with Crippen LogP contribution < -0.4 is 5.32 Å².